The van der Waals surface area contributed by atoms with Gasteiger partial charge in [0.15, 0.2) is 0 Å². The molecule has 2 aromatic heterocycles. The first-order chi connectivity index (χ1) is 12.7. The molecule has 0 aliphatic carbocycles. The largest absolute Gasteiger partial charge is 0.327 e. The molecule has 0 spiro atoms. The van der Waals surface area contributed by atoms with E-state index in [0.29, 0.717) is 17.6 Å². The highest BCUT2D eigenvalue weighted by Crippen LogP contribution is 2.22. The standard InChI is InChI=1S/C20H16FN5/c1-2-26-18-7-6-16(21)11-17(18)24-19(26)13-25-9-8-23-20(25)15-5-3-4-14(10-15)12-22/h3-11H,2,13H2,1H3. The smallest absolute Gasteiger partial charge is 0.140 e. The molecule has 0 amide bonds. The van der Waals surface area contributed by atoms with Gasteiger partial charge in [0.1, 0.15) is 17.5 Å². The molecule has 26 heavy (non-hydrogen) atoms. The third-order valence-electron chi connectivity index (χ3n) is 4.38. The van der Waals surface area contributed by atoms with Gasteiger partial charge in [-0.15, -0.1) is 0 Å². The van der Waals surface area contributed by atoms with Crippen molar-refractivity contribution in [1.29, 1.82) is 5.26 Å². The lowest BCUT2D eigenvalue weighted by Gasteiger charge is -2.10. The van der Waals surface area contributed by atoms with Crippen LogP contribution in [0.5, 0.6) is 0 Å². The first-order valence-electron chi connectivity index (χ1n) is 8.36. The lowest BCUT2D eigenvalue weighted by molar-refractivity contribution is 0.629. The predicted molar refractivity (Wildman–Crippen MR) is 96.8 cm³/mol. The highest BCUT2D eigenvalue weighted by Gasteiger charge is 2.13. The number of fused-ring (bicyclic) bond motifs is 1. The molecule has 0 unspecified atom stereocenters. The highest BCUT2D eigenvalue weighted by molar-refractivity contribution is 5.76. The lowest BCUT2D eigenvalue weighted by atomic mass is 10.1. The number of nitriles is 1. The summed E-state index contributed by atoms with van der Waals surface area (Å²) in [6.45, 7) is 3.29. The number of imidazole rings is 2. The number of nitrogens with zero attached hydrogens (tertiary/aromatic N) is 5. The van der Waals surface area contributed by atoms with Gasteiger partial charge >= 0.3 is 0 Å². The Morgan fingerprint density at radius 2 is 2.08 bits per heavy atom. The Balaban J connectivity index is 1.76. The van der Waals surface area contributed by atoms with Crippen molar-refractivity contribution in [3.05, 3.63) is 72.1 Å². The fraction of sp³-hybridized carbons (Fsp3) is 0.150. The minimum atomic E-state index is -0.290. The van der Waals surface area contributed by atoms with Gasteiger partial charge in [0.05, 0.1) is 29.2 Å². The van der Waals surface area contributed by atoms with Crippen molar-refractivity contribution in [2.75, 3.05) is 0 Å². The Morgan fingerprint density at radius 3 is 2.88 bits per heavy atom. The van der Waals surface area contributed by atoms with Crippen molar-refractivity contribution in [2.45, 2.75) is 20.0 Å². The van der Waals surface area contributed by atoms with E-state index in [1.807, 2.05) is 35.9 Å². The molecule has 4 rings (SSSR count). The molecule has 0 atom stereocenters. The molecule has 0 aliphatic rings. The maximum Gasteiger partial charge on any atom is 0.140 e. The number of rotatable bonds is 4. The van der Waals surface area contributed by atoms with Crippen LogP contribution in [0.3, 0.4) is 0 Å². The first kappa shape index (κ1) is 16.0. The van der Waals surface area contributed by atoms with Crippen LogP contribution < -0.4 is 0 Å². The van der Waals surface area contributed by atoms with E-state index in [4.69, 9.17) is 5.26 Å². The molecule has 0 radical (unpaired) electrons. The summed E-state index contributed by atoms with van der Waals surface area (Å²) in [6.07, 6.45) is 3.61. The summed E-state index contributed by atoms with van der Waals surface area (Å²) < 4.78 is 17.6. The summed E-state index contributed by atoms with van der Waals surface area (Å²) in [5.74, 6) is 1.31. The molecule has 0 bridgehead atoms. The minimum absolute atomic E-state index is 0.290. The average molecular weight is 345 g/mol. The van der Waals surface area contributed by atoms with Gasteiger partial charge in [0.2, 0.25) is 0 Å². The number of hydrogen-bond donors (Lipinski definition) is 0. The third kappa shape index (κ3) is 2.74. The minimum Gasteiger partial charge on any atom is -0.327 e. The SMILES string of the molecule is CCn1c(Cn2ccnc2-c2cccc(C#N)c2)nc2cc(F)ccc21. The van der Waals surface area contributed by atoms with E-state index in [2.05, 4.69) is 20.6 Å². The van der Waals surface area contributed by atoms with Gasteiger partial charge < -0.3 is 9.13 Å². The van der Waals surface area contributed by atoms with Crippen molar-refractivity contribution < 1.29 is 4.39 Å². The summed E-state index contributed by atoms with van der Waals surface area (Å²) in [6, 6.07) is 14.2. The van der Waals surface area contributed by atoms with Crippen molar-refractivity contribution in [1.82, 2.24) is 19.1 Å². The van der Waals surface area contributed by atoms with Gasteiger partial charge in [-0.2, -0.15) is 5.26 Å². The van der Waals surface area contributed by atoms with E-state index in [1.54, 1.807) is 18.3 Å². The van der Waals surface area contributed by atoms with Crippen LogP contribution in [-0.4, -0.2) is 19.1 Å². The first-order valence-corrected chi connectivity index (χ1v) is 8.36. The zero-order chi connectivity index (χ0) is 18.1. The molecule has 0 N–H and O–H groups in total. The second-order valence-electron chi connectivity index (χ2n) is 5.98. The fourth-order valence-corrected chi connectivity index (χ4v) is 3.20. The zero-order valence-corrected chi connectivity index (χ0v) is 14.2. The van der Waals surface area contributed by atoms with Crippen molar-refractivity contribution in [2.24, 2.45) is 0 Å². The maximum absolute atomic E-state index is 13.5. The number of hydrogen-bond acceptors (Lipinski definition) is 3. The molecule has 2 aromatic carbocycles. The summed E-state index contributed by atoms with van der Waals surface area (Å²) in [4.78, 5) is 9.05. The molecule has 0 saturated carbocycles. The average Bonchev–Trinajstić information content (AvgIpc) is 3.25. The Hall–Kier alpha value is -3.46. The molecule has 128 valence electrons. The summed E-state index contributed by atoms with van der Waals surface area (Å²) in [7, 11) is 0. The number of halogens is 1. The van der Waals surface area contributed by atoms with Crippen LogP contribution in [0.2, 0.25) is 0 Å². The van der Waals surface area contributed by atoms with E-state index in [0.717, 1.165) is 29.3 Å². The highest BCUT2D eigenvalue weighted by atomic mass is 19.1. The third-order valence-corrected chi connectivity index (χ3v) is 4.38. The maximum atomic E-state index is 13.5. The topological polar surface area (TPSA) is 59.4 Å². The fourth-order valence-electron chi connectivity index (χ4n) is 3.20. The van der Waals surface area contributed by atoms with Crippen LogP contribution in [0, 0.1) is 17.1 Å². The Bertz CT molecular complexity index is 1130. The van der Waals surface area contributed by atoms with Crippen LogP contribution in [-0.2, 0) is 13.1 Å². The summed E-state index contributed by atoms with van der Waals surface area (Å²) in [5, 5.41) is 9.11. The second kappa shape index (κ2) is 6.45. The van der Waals surface area contributed by atoms with Crippen molar-refractivity contribution >= 4 is 11.0 Å². The predicted octanol–water partition coefficient (Wildman–Crippen LogP) is 3.98. The van der Waals surface area contributed by atoms with Gasteiger partial charge in [-0.3, -0.25) is 0 Å². The molecule has 0 saturated heterocycles. The molecular formula is C20H16FN5. The Morgan fingerprint density at radius 1 is 1.19 bits per heavy atom. The van der Waals surface area contributed by atoms with Gasteiger partial charge in [-0.25, -0.2) is 14.4 Å². The molecule has 6 heteroatoms. The number of aryl methyl sites for hydroxylation is 1. The van der Waals surface area contributed by atoms with E-state index >= 15 is 0 Å². The van der Waals surface area contributed by atoms with E-state index in [-0.39, 0.29) is 5.82 Å². The van der Waals surface area contributed by atoms with Gasteiger partial charge in [0, 0.05) is 30.6 Å². The van der Waals surface area contributed by atoms with Gasteiger partial charge in [-0.05, 0) is 31.2 Å². The lowest BCUT2D eigenvalue weighted by Crippen LogP contribution is -2.08. The molecule has 2 heterocycles. The van der Waals surface area contributed by atoms with E-state index in [1.165, 1.54) is 12.1 Å². The van der Waals surface area contributed by atoms with Crippen LogP contribution in [0.25, 0.3) is 22.4 Å². The molecule has 4 aromatic rings. The van der Waals surface area contributed by atoms with E-state index < -0.39 is 0 Å². The molecule has 0 fully saturated rings. The van der Waals surface area contributed by atoms with Gasteiger partial charge in [0.25, 0.3) is 0 Å². The van der Waals surface area contributed by atoms with Crippen molar-refractivity contribution in [3.8, 4) is 17.5 Å². The Labute approximate surface area is 150 Å². The molecular weight excluding hydrogens is 329 g/mol. The normalized spacial score (nSPS) is 11.0. The molecule has 5 nitrogen and oxygen atoms in total. The summed E-state index contributed by atoms with van der Waals surface area (Å²) in [5.41, 5.74) is 3.03. The number of aromatic nitrogens is 4. The van der Waals surface area contributed by atoms with Gasteiger partial charge in [-0.1, -0.05) is 12.1 Å². The van der Waals surface area contributed by atoms with Crippen LogP contribution in [0.4, 0.5) is 4.39 Å². The Kier molecular flexibility index (Phi) is 3.98. The quantitative estimate of drug-likeness (QED) is 0.562. The monoisotopic (exact) mass is 345 g/mol. The van der Waals surface area contributed by atoms with Crippen LogP contribution in [0.15, 0.2) is 54.9 Å². The van der Waals surface area contributed by atoms with E-state index in [9.17, 15) is 4.39 Å². The van der Waals surface area contributed by atoms with Crippen LogP contribution in [0.1, 0.15) is 18.3 Å². The second-order valence-corrected chi connectivity index (χ2v) is 5.98. The van der Waals surface area contributed by atoms with Crippen molar-refractivity contribution in [3.63, 3.8) is 0 Å². The van der Waals surface area contributed by atoms with Crippen LogP contribution >= 0.6 is 0 Å². The number of benzene rings is 2. The summed E-state index contributed by atoms with van der Waals surface area (Å²) >= 11 is 0. The zero-order valence-electron chi connectivity index (χ0n) is 14.2. The molecule has 0 aliphatic heterocycles.